The highest BCUT2D eigenvalue weighted by molar-refractivity contribution is 6.30. The van der Waals surface area contributed by atoms with Crippen molar-refractivity contribution in [1.29, 1.82) is 0 Å². The van der Waals surface area contributed by atoms with E-state index in [9.17, 15) is 19.1 Å². The van der Waals surface area contributed by atoms with E-state index < -0.39 is 29.5 Å². The maximum atomic E-state index is 14.7. The lowest BCUT2D eigenvalue weighted by Crippen LogP contribution is -2.44. The molecule has 1 aromatic heterocycles. The number of carbonyl (C=O) groups is 2. The summed E-state index contributed by atoms with van der Waals surface area (Å²) in [5.74, 6) is 5.94. The monoisotopic (exact) mass is 544 g/mol. The van der Waals surface area contributed by atoms with Gasteiger partial charge in [-0.05, 0) is 63.1 Å². The van der Waals surface area contributed by atoms with E-state index in [0.717, 1.165) is 25.9 Å². The standard InChI is InChI=1S/C28H34ClFN4O4/c1-18(20-10-12-34(13-11-20)26-31-16-22(29)17-32-26)6-5-7-19-8-9-21(23(30)14-19)15-24(25(35)36)33-27(37)38-28(2,3)4/h8-9,14,16-18,20,24H,6,10-13,15H2,1-4H3,(H,33,37)(H,35,36)/t18-,24+/m1/s1. The maximum Gasteiger partial charge on any atom is 0.408 e. The van der Waals surface area contributed by atoms with E-state index in [0.29, 0.717) is 34.8 Å². The number of carboxylic acids is 1. The topological polar surface area (TPSA) is 105 Å². The number of benzene rings is 1. The molecule has 1 fully saturated rings. The van der Waals surface area contributed by atoms with E-state index in [-0.39, 0.29) is 12.0 Å². The van der Waals surface area contributed by atoms with Crippen LogP contribution in [0.5, 0.6) is 0 Å². The van der Waals surface area contributed by atoms with Gasteiger partial charge in [-0.25, -0.2) is 23.9 Å². The zero-order valence-corrected chi connectivity index (χ0v) is 22.9. The van der Waals surface area contributed by atoms with Gasteiger partial charge in [0.05, 0.1) is 17.4 Å². The molecule has 1 aliphatic rings. The highest BCUT2D eigenvalue weighted by atomic mass is 35.5. The van der Waals surface area contributed by atoms with Crippen LogP contribution >= 0.6 is 11.6 Å². The molecule has 1 aromatic carbocycles. The van der Waals surface area contributed by atoms with Crippen LogP contribution in [0.1, 0.15) is 58.1 Å². The van der Waals surface area contributed by atoms with Crippen molar-refractivity contribution < 1.29 is 23.8 Å². The normalized spacial score (nSPS) is 15.7. The van der Waals surface area contributed by atoms with Crippen LogP contribution in [0, 0.1) is 29.5 Å². The van der Waals surface area contributed by atoms with Crippen LogP contribution in [0.15, 0.2) is 30.6 Å². The molecule has 8 nitrogen and oxygen atoms in total. The number of nitrogens with one attached hydrogen (secondary N) is 1. The van der Waals surface area contributed by atoms with Crippen LogP contribution < -0.4 is 10.2 Å². The summed E-state index contributed by atoms with van der Waals surface area (Å²) in [4.78, 5) is 34.3. The highest BCUT2D eigenvalue weighted by Gasteiger charge is 2.26. The fourth-order valence-corrected chi connectivity index (χ4v) is 4.38. The summed E-state index contributed by atoms with van der Waals surface area (Å²) >= 11 is 5.87. The van der Waals surface area contributed by atoms with Crippen molar-refractivity contribution in [1.82, 2.24) is 15.3 Å². The number of hydrogen-bond donors (Lipinski definition) is 2. The van der Waals surface area contributed by atoms with Crippen molar-refractivity contribution >= 4 is 29.6 Å². The summed E-state index contributed by atoms with van der Waals surface area (Å²) in [6, 6.07) is 3.14. The van der Waals surface area contributed by atoms with Gasteiger partial charge in [0.1, 0.15) is 17.5 Å². The van der Waals surface area contributed by atoms with Gasteiger partial charge in [-0.1, -0.05) is 36.4 Å². The number of aliphatic carboxylic acids is 1. The van der Waals surface area contributed by atoms with Crippen molar-refractivity contribution in [3.63, 3.8) is 0 Å². The number of anilines is 1. The average molecular weight is 545 g/mol. The van der Waals surface area contributed by atoms with Gasteiger partial charge in [0.25, 0.3) is 0 Å². The number of hydrogen-bond acceptors (Lipinski definition) is 6. The van der Waals surface area contributed by atoms with Crippen molar-refractivity contribution in [2.75, 3.05) is 18.0 Å². The summed E-state index contributed by atoms with van der Waals surface area (Å²) in [5.41, 5.74) is -0.0937. The van der Waals surface area contributed by atoms with Crippen molar-refractivity contribution in [2.45, 2.75) is 65.0 Å². The lowest BCUT2D eigenvalue weighted by molar-refractivity contribution is -0.139. The van der Waals surface area contributed by atoms with E-state index in [1.54, 1.807) is 39.2 Å². The molecule has 0 saturated carbocycles. The SMILES string of the molecule is C[C@H](CC#Cc1ccc(C[C@H](NC(=O)OC(C)(C)C)C(=O)O)c(F)c1)C1CCN(c2ncc(Cl)cn2)CC1. The van der Waals surface area contributed by atoms with Crippen LogP contribution in [0.2, 0.25) is 5.02 Å². The van der Waals surface area contributed by atoms with Gasteiger partial charge >= 0.3 is 12.1 Å². The zero-order valence-electron chi connectivity index (χ0n) is 22.1. The van der Waals surface area contributed by atoms with Gasteiger partial charge in [0, 0.05) is 31.5 Å². The molecule has 1 saturated heterocycles. The molecule has 3 rings (SSSR count). The first-order valence-electron chi connectivity index (χ1n) is 12.6. The molecule has 0 aliphatic carbocycles. The minimum atomic E-state index is -1.32. The quantitative estimate of drug-likeness (QED) is 0.468. The maximum absolute atomic E-state index is 14.7. The van der Waals surface area contributed by atoms with Gasteiger partial charge in [-0.3, -0.25) is 0 Å². The molecular formula is C28H34ClFN4O4. The second-order valence-electron chi connectivity index (χ2n) is 10.6. The van der Waals surface area contributed by atoms with Crippen LogP contribution in [0.3, 0.4) is 0 Å². The molecule has 1 amide bonds. The first kappa shape index (κ1) is 29.2. The molecule has 2 N–H and O–H groups in total. The number of alkyl carbamates (subject to hydrolysis) is 1. The van der Waals surface area contributed by atoms with E-state index >= 15 is 0 Å². The minimum Gasteiger partial charge on any atom is -0.480 e. The second kappa shape index (κ2) is 12.9. The van der Waals surface area contributed by atoms with E-state index in [1.165, 1.54) is 12.1 Å². The van der Waals surface area contributed by atoms with Crippen LogP contribution in [-0.4, -0.2) is 51.9 Å². The number of amides is 1. The predicted octanol–water partition coefficient (Wildman–Crippen LogP) is 5.08. The summed E-state index contributed by atoms with van der Waals surface area (Å²) in [6.45, 7) is 8.94. The molecular weight excluding hydrogens is 511 g/mol. The van der Waals surface area contributed by atoms with Crippen molar-refractivity contribution in [3.8, 4) is 11.8 Å². The van der Waals surface area contributed by atoms with Gasteiger partial charge in [0.2, 0.25) is 5.95 Å². The Morgan fingerprint density at radius 3 is 2.50 bits per heavy atom. The first-order chi connectivity index (χ1) is 17.9. The Bertz CT molecular complexity index is 1180. The lowest BCUT2D eigenvalue weighted by atomic mass is 9.84. The van der Waals surface area contributed by atoms with Crippen LogP contribution in [0.4, 0.5) is 15.1 Å². The molecule has 0 radical (unpaired) electrons. The van der Waals surface area contributed by atoms with E-state index in [2.05, 4.69) is 38.9 Å². The van der Waals surface area contributed by atoms with Gasteiger partial charge in [-0.2, -0.15) is 0 Å². The molecule has 10 heteroatoms. The summed E-state index contributed by atoms with van der Waals surface area (Å²) in [7, 11) is 0. The van der Waals surface area contributed by atoms with E-state index in [1.807, 2.05) is 0 Å². The molecule has 2 heterocycles. The number of halogens is 2. The average Bonchev–Trinajstić information content (AvgIpc) is 2.84. The van der Waals surface area contributed by atoms with Crippen molar-refractivity contribution in [2.24, 2.45) is 11.8 Å². The summed E-state index contributed by atoms with van der Waals surface area (Å²) in [5, 5.41) is 12.3. The van der Waals surface area contributed by atoms with Gasteiger partial charge in [0.15, 0.2) is 0 Å². The third-order valence-corrected chi connectivity index (χ3v) is 6.55. The Morgan fingerprint density at radius 1 is 1.26 bits per heavy atom. The Labute approximate surface area is 227 Å². The van der Waals surface area contributed by atoms with Crippen LogP contribution in [0.25, 0.3) is 0 Å². The van der Waals surface area contributed by atoms with E-state index in [4.69, 9.17) is 16.3 Å². The number of carbonyl (C=O) groups excluding carboxylic acids is 1. The smallest absolute Gasteiger partial charge is 0.408 e. The minimum absolute atomic E-state index is 0.170. The zero-order chi connectivity index (χ0) is 27.9. The molecule has 0 bridgehead atoms. The number of nitrogens with zero attached hydrogens (tertiary/aromatic N) is 3. The fraction of sp³-hybridized carbons (Fsp3) is 0.500. The lowest BCUT2D eigenvalue weighted by Gasteiger charge is -2.34. The molecule has 2 aromatic rings. The molecule has 0 unspecified atom stereocenters. The Hall–Kier alpha value is -3.38. The molecule has 0 spiro atoms. The number of rotatable bonds is 7. The van der Waals surface area contributed by atoms with Crippen LogP contribution in [-0.2, 0) is 16.0 Å². The Morgan fingerprint density at radius 2 is 1.92 bits per heavy atom. The molecule has 38 heavy (non-hydrogen) atoms. The van der Waals surface area contributed by atoms with Gasteiger partial charge in [-0.15, -0.1) is 0 Å². The first-order valence-corrected chi connectivity index (χ1v) is 13.0. The summed E-state index contributed by atoms with van der Waals surface area (Å²) < 4.78 is 19.8. The Balaban J connectivity index is 1.52. The molecule has 1 aliphatic heterocycles. The number of ether oxygens (including phenoxy) is 1. The highest BCUT2D eigenvalue weighted by Crippen LogP contribution is 2.28. The number of carboxylic acid groups (broad SMARTS) is 1. The van der Waals surface area contributed by atoms with Gasteiger partial charge < -0.3 is 20.1 Å². The molecule has 2 atom stereocenters. The summed E-state index contributed by atoms with van der Waals surface area (Å²) in [6.07, 6.45) is 4.84. The second-order valence-corrected chi connectivity index (χ2v) is 11.0. The number of aromatic nitrogens is 2. The fourth-order valence-electron chi connectivity index (χ4n) is 4.28. The third kappa shape index (κ3) is 8.88. The largest absolute Gasteiger partial charge is 0.480 e. The predicted molar refractivity (Wildman–Crippen MR) is 144 cm³/mol. The third-order valence-electron chi connectivity index (χ3n) is 6.36. The van der Waals surface area contributed by atoms with Crippen molar-refractivity contribution in [3.05, 3.63) is 52.6 Å². The number of piperidine rings is 1. The Kier molecular flexibility index (Phi) is 9.92. The molecule has 204 valence electrons.